The SMILES string of the molecule is CC(C)n1cnc2cc(N3CCN(Cc4cnsc4)CC3)ccc2c1=O. The van der Waals surface area contributed by atoms with E-state index in [4.69, 9.17) is 0 Å². The normalized spacial score (nSPS) is 15.9. The molecule has 0 aliphatic carbocycles. The van der Waals surface area contributed by atoms with Crippen LogP contribution in [-0.2, 0) is 6.54 Å². The second-order valence-electron chi connectivity index (χ2n) is 7.05. The highest BCUT2D eigenvalue weighted by Crippen LogP contribution is 2.21. The van der Waals surface area contributed by atoms with Crippen LogP contribution in [0.4, 0.5) is 5.69 Å². The van der Waals surface area contributed by atoms with Gasteiger partial charge in [-0.25, -0.2) is 9.36 Å². The van der Waals surface area contributed by atoms with Gasteiger partial charge in [-0.05, 0) is 49.1 Å². The van der Waals surface area contributed by atoms with Gasteiger partial charge < -0.3 is 4.90 Å². The van der Waals surface area contributed by atoms with Gasteiger partial charge in [0.15, 0.2) is 0 Å². The molecular formula is C19H23N5OS. The summed E-state index contributed by atoms with van der Waals surface area (Å²) in [4.78, 5) is 21.9. The first kappa shape index (κ1) is 17.2. The maximum Gasteiger partial charge on any atom is 0.261 e. The Morgan fingerprint density at radius 3 is 2.69 bits per heavy atom. The third-order valence-electron chi connectivity index (χ3n) is 4.95. The van der Waals surface area contributed by atoms with Crippen LogP contribution in [0.5, 0.6) is 0 Å². The molecule has 1 aliphatic rings. The van der Waals surface area contributed by atoms with Crippen LogP contribution in [0.15, 0.2) is 40.9 Å². The molecule has 0 unspecified atom stereocenters. The fraction of sp³-hybridized carbons (Fsp3) is 0.421. The number of piperazine rings is 1. The monoisotopic (exact) mass is 369 g/mol. The molecule has 0 bridgehead atoms. The van der Waals surface area contributed by atoms with Crippen molar-refractivity contribution in [3.63, 3.8) is 0 Å². The topological polar surface area (TPSA) is 54.3 Å². The second-order valence-corrected chi connectivity index (χ2v) is 7.71. The minimum Gasteiger partial charge on any atom is -0.369 e. The molecule has 0 saturated carbocycles. The van der Waals surface area contributed by atoms with Crippen molar-refractivity contribution in [3.05, 3.63) is 52.0 Å². The van der Waals surface area contributed by atoms with Crippen molar-refractivity contribution in [2.45, 2.75) is 26.4 Å². The summed E-state index contributed by atoms with van der Waals surface area (Å²) >= 11 is 1.51. The molecule has 0 spiro atoms. The van der Waals surface area contributed by atoms with Crippen LogP contribution in [0.1, 0.15) is 25.5 Å². The zero-order chi connectivity index (χ0) is 18.1. The fourth-order valence-electron chi connectivity index (χ4n) is 3.42. The molecule has 2 aromatic heterocycles. The molecule has 6 nitrogen and oxygen atoms in total. The fourth-order valence-corrected chi connectivity index (χ4v) is 3.94. The quantitative estimate of drug-likeness (QED) is 0.708. The van der Waals surface area contributed by atoms with Crippen molar-refractivity contribution in [2.24, 2.45) is 0 Å². The predicted octanol–water partition coefficient (Wildman–Crippen LogP) is 2.76. The number of hydrogen-bond acceptors (Lipinski definition) is 6. The standard InChI is InChI=1S/C19H23N5OS/c1-14(2)24-13-20-18-9-16(3-4-17(18)19(24)25)23-7-5-22(6-8-23)11-15-10-21-26-12-15/h3-4,9-10,12-14H,5-8,11H2,1-2H3. The van der Waals surface area contributed by atoms with Crippen molar-refractivity contribution < 1.29 is 0 Å². The summed E-state index contributed by atoms with van der Waals surface area (Å²) in [6.07, 6.45) is 3.61. The van der Waals surface area contributed by atoms with Crippen LogP contribution in [0.2, 0.25) is 0 Å². The van der Waals surface area contributed by atoms with Gasteiger partial charge in [0.05, 0.1) is 17.2 Å². The van der Waals surface area contributed by atoms with Gasteiger partial charge in [0.25, 0.3) is 5.56 Å². The maximum absolute atomic E-state index is 12.6. The Labute approximate surface area is 156 Å². The van der Waals surface area contributed by atoms with Crippen LogP contribution in [-0.4, -0.2) is 45.0 Å². The van der Waals surface area contributed by atoms with E-state index in [0.717, 1.165) is 43.9 Å². The Morgan fingerprint density at radius 1 is 1.19 bits per heavy atom. The third kappa shape index (κ3) is 3.37. The zero-order valence-corrected chi connectivity index (χ0v) is 15.9. The van der Waals surface area contributed by atoms with Crippen molar-refractivity contribution in [2.75, 3.05) is 31.1 Å². The van der Waals surface area contributed by atoms with Gasteiger partial charge in [0, 0.05) is 56.0 Å². The lowest BCUT2D eigenvalue weighted by Crippen LogP contribution is -2.45. The molecule has 1 aliphatic heterocycles. The van der Waals surface area contributed by atoms with E-state index in [0.29, 0.717) is 5.39 Å². The van der Waals surface area contributed by atoms with Crippen molar-refractivity contribution in [1.82, 2.24) is 18.8 Å². The van der Waals surface area contributed by atoms with Crippen LogP contribution in [0.25, 0.3) is 10.9 Å². The highest BCUT2D eigenvalue weighted by molar-refractivity contribution is 7.03. The lowest BCUT2D eigenvalue weighted by atomic mass is 10.2. The van der Waals surface area contributed by atoms with Crippen LogP contribution >= 0.6 is 11.5 Å². The minimum absolute atomic E-state index is 0.0331. The number of rotatable bonds is 4. The molecule has 1 aromatic carbocycles. The second kappa shape index (κ2) is 7.17. The molecule has 7 heteroatoms. The van der Waals surface area contributed by atoms with E-state index in [1.807, 2.05) is 32.2 Å². The lowest BCUT2D eigenvalue weighted by molar-refractivity contribution is 0.250. The van der Waals surface area contributed by atoms with Crippen LogP contribution in [0, 0.1) is 0 Å². The summed E-state index contributed by atoms with van der Waals surface area (Å²) in [5, 5.41) is 2.80. The molecule has 0 atom stereocenters. The highest BCUT2D eigenvalue weighted by atomic mass is 32.1. The van der Waals surface area contributed by atoms with Gasteiger partial charge >= 0.3 is 0 Å². The van der Waals surface area contributed by atoms with Gasteiger partial charge in [0.2, 0.25) is 0 Å². The van der Waals surface area contributed by atoms with Gasteiger partial charge in [-0.15, -0.1) is 0 Å². The average Bonchev–Trinajstić information content (AvgIpc) is 3.15. The number of aromatic nitrogens is 3. The Morgan fingerprint density at radius 2 is 2.00 bits per heavy atom. The van der Waals surface area contributed by atoms with E-state index in [1.54, 1.807) is 10.9 Å². The Kier molecular flexibility index (Phi) is 4.74. The van der Waals surface area contributed by atoms with Gasteiger partial charge in [0.1, 0.15) is 0 Å². The van der Waals surface area contributed by atoms with E-state index in [9.17, 15) is 4.79 Å². The van der Waals surface area contributed by atoms with Crippen molar-refractivity contribution >= 4 is 28.1 Å². The summed E-state index contributed by atoms with van der Waals surface area (Å²) in [6.45, 7) is 8.97. The first-order chi connectivity index (χ1) is 12.6. The number of benzene rings is 1. The minimum atomic E-state index is 0.0331. The molecular weight excluding hydrogens is 346 g/mol. The van der Waals surface area contributed by atoms with Crippen molar-refractivity contribution in [1.29, 1.82) is 0 Å². The summed E-state index contributed by atoms with van der Waals surface area (Å²) in [5.41, 5.74) is 3.24. The van der Waals surface area contributed by atoms with E-state index in [1.165, 1.54) is 17.1 Å². The Balaban J connectivity index is 1.49. The molecule has 1 saturated heterocycles. The van der Waals surface area contributed by atoms with Crippen molar-refractivity contribution in [3.8, 4) is 0 Å². The lowest BCUT2D eigenvalue weighted by Gasteiger charge is -2.36. The summed E-state index contributed by atoms with van der Waals surface area (Å²) < 4.78 is 5.85. The first-order valence-electron chi connectivity index (χ1n) is 8.98. The maximum atomic E-state index is 12.6. The number of hydrogen-bond donors (Lipinski definition) is 0. The zero-order valence-electron chi connectivity index (χ0n) is 15.1. The first-order valence-corrected chi connectivity index (χ1v) is 9.82. The highest BCUT2D eigenvalue weighted by Gasteiger charge is 2.18. The smallest absolute Gasteiger partial charge is 0.261 e. The largest absolute Gasteiger partial charge is 0.369 e. The predicted molar refractivity (Wildman–Crippen MR) is 106 cm³/mol. The summed E-state index contributed by atoms with van der Waals surface area (Å²) in [6, 6.07) is 6.13. The molecule has 136 valence electrons. The summed E-state index contributed by atoms with van der Waals surface area (Å²) in [7, 11) is 0. The summed E-state index contributed by atoms with van der Waals surface area (Å²) in [5.74, 6) is 0. The van der Waals surface area contributed by atoms with Gasteiger partial charge in [-0.3, -0.25) is 14.3 Å². The van der Waals surface area contributed by atoms with E-state index < -0.39 is 0 Å². The Hall–Kier alpha value is -2.25. The average molecular weight is 369 g/mol. The number of anilines is 1. The Bertz CT molecular complexity index is 942. The molecule has 26 heavy (non-hydrogen) atoms. The molecule has 0 amide bonds. The van der Waals surface area contributed by atoms with E-state index in [2.05, 4.69) is 30.6 Å². The third-order valence-corrected chi connectivity index (χ3v) is 5.59. The molecule has 0 radical (unpaired) electrons. The number of fused-ring (bicyclic) bond motifs is 1. The molecule has 0 N–H and O–H groups in total. The van der Waals surface area contributed by atoms with E-state index in [-0.39, 0.29) is 11.6 Å². The van der Waals surface area contributed by atoms with Gasteiger partial charge in [-0.2, -0.15) is 0 Å². The molecule has 1 fully saturated rings. The van der Waals surface area contributed by atoms with Crippen LogP contribution < -0.4 is 10.5 Å². The molecule has 3 heterocycles. The molecule has 3 aromatic rings. The molecule has 4 rings (SSSR count). The number of nitrogens with zero attached hydrogens (tertiary/aromatic N) is 5. The van der Waals surface area contributed by atoms with Crippen LogP contribution in [0.3, 0.4) is 0 Å². The van der Waals surface area contributed by atoms with Gasteiger partial charge in [-0.1, -0.05) is 0 Å². The van der Waals surface area contributed by atoms with E-state index >= 15 is 0 Å².